The smallest absolute Gasteiger partial charge is 0.664 e. The standard InChI is InChI=1S/C6H5NO4.K/c8-7(9)5-1-3-6(11-10)4-2-5;/h1-4,10H;/q;+1/p-1. The molecule has 5 nitrogen and oxygen atoms in total. The molecule has 0 saturated heterocycles. The Morgan fingerprint density at radius 3 is 2.08 bits per heavy atom. The van der Waals surface area contributed by atoms with E-state index in [2.05, 4.69) is 4.89 Å². The number of nitro groups is 1. The molecule has 0 aliphatic rings. The van der Waals surface area contributed by atoms with Crippen molar-refractivity contribution in [2.24, 2.45) is 0 Å². The molecule has 0 atom stereocenters. The molecule has 0 saturated carbocycles. The summed E-state index contributed by atoms with van der Waals surface area (Å²) in [5, 5.41) is 19.8. The first-order chi connectivity index (χ1) is 5.24. The molecule has 0 spiro atoms. The molecule has 0 heterocycles. The van der Waals surface area contributed by atoms with Gasteiger partial charge in [-0.15, -0.1) is 0 Å². The van der Waals surface area contributed by atoms with Gasteiger partial charge in [0.1, 0.15) is 5.75 Å². The van der Waals surface area contributed by atoms with E-state index in [4.69, 9.17) is 0 Å². The Balaban J connectivity index is 0.00000121. The molecule has 12 heavy (non-hydrogen) atoms. The van der Waals surface area contributed by atoms with Crippen molar-refractivity contribution in [1.29, 1.82) is 0 Å². The van der Waals surface area contributed by atoms with Crippen LogP contribution in [0.25, 0.3) is 0 Å². The molecule has 0 N–H and O–H groups in total. The Hall–Kier alpha value is 0.0164. The molecule has 1 rings (SSSR count). The van der Waals surface area contributed by atoms with Gasteiger partial charge < -0.3 is 10.1 Å². The molecule has 0 fully saturated rings. The SMILES string of the molecule is O=[N+]([O-])c1ccc(O[O-])cc1.[K+]. The number of hydrogen-bond acceptors (Lipinski definition) is 4. The normalized spacial score (nSPS) is 8.42. The maximum Gasteiger partial charge on any atom is 1.00 e. The van der Waals surface area contributed by atoms with Crippen LogP contribution >= 0.6 is 0 Å². The van der Waals surface area contributed by atoms with E-state index >= 15 is 0 Å². The van der Waals surface area contributed by atoms with Crippen LogP contribution in [0.2, 0.25) is 0 Å². The van der Waals surface area contributed by atoms with E-state index in [0.29, 0.717) is 0 Å². The van der Waals surface area contributed by atoms with Crippen molar-refractivity contribution in [3.63, 3.8) is 0 Å². The average Bonchev–Trinajstić information content (AvgIpc) is 2.05. The fraction of sp³-hybridized carbons (Fsp3) is 0. The first kappa shape index (κ1) is 12.0. The Bertz CT molecular complexity index is 261. The van der Waals surface area contributed by atoms with E-state index in [0.717, 1.165) is 0 Å². The number of nitrogens with zero attached hydrogens (tertiary/aromatic N) is 1. The fourth-order valence-corrected chi connectivity index (χ4v) is 0.623. The number of benzene rings is 1. The van der Waals surface area contributed by atoms with Gasteiger partial charge in [-0.25, -0.2) is 0 Å². The van der Waals surface area contributed by atoms with Crippen LogP contribution in [0.4, 0.5) is 5.69 Å². The van der Waals surface area contributed by atoms with Crippen LogP contribution in [0.5, 0.6) is 5.75 Å². The molecule has 0 aliphatic heterocycles. The Morgan fingerprint density at radius 2 is 1.75 bits per heavy atom. The van der Waals surface area contributed by atoms with Gasteiger partial charge >= 0.3 is 51.4 Å². The van der Waals surface area contributed by atoms with Gasteiger partial charge in [0.05, 0.1) is 4.92 Å². The first-order valence-electron chi connectivity index (χ1n) is 2.78. The molecule has 0 aliphatic carbocycles. The molecule has 58 valence electrons. The summed E-state index contributed by atoms with van der Waals surface area (Å²) in [6.45, 7) is 0. The van der Waals surface area contributed by atoms with Crippen LogP contribution < -0.4 is 61.5 Å². The number of nitro benzene ring substituents is 1. The quantitative estimate of drug-likeness (QED) is 0.221. The van der Waals surface area contributed by atoms with Crippen LogP contribution in [-0.4, -0.2) is 4.92 Å². The van der Waals surface area contributed by atoms with Crippen molar-refractivity contribution in [3.8, 4) is 5.75 Å². The average molecular weight is 193 g/mol. The van der Waals surface area contributed by atoms with E-state index in [-0.39, 0.29) is 62.8 Å². The summed E-state index contributed by atoms with van der Waals surface area (Å²) in [6, 6.07) is 4.89. The molecule has 6 heteroatoms. The third-order valence-corrected chi connectivity index (χ3v) is 1.14. The maximum atomic E-state index is 10.1. The third-order valence-electron chi connectivity index (χ3n) is 1.14. The monoisotopic (exact) mass is 193 g/mol. The first-order valence-corrected chi connectivity index (χ1v) is 2.78. The summed E-state index contributed by atoms with van der Waals surface area (Å²) >= 11 is 0. The molecule has 0 unspecified atom stereocenters. The summed E-state index contributed by atoms with van der Waals surface area (Å²) in [5.41, 5.74) is -0.0641. The molecule has 1 aromatic rings. The zero-order valence-corrected chi connectivity index (χ0v) is 9.51. The van der Waals surface area contributed by atoms with Crippen molar-refractivity contribution in [2.75, 3.05) is 0 Å². The van der Waals surface area contributed by atoms with E-state index in [1.807, 2.05) is 0 Å². The van der Waals surface area contributed by atoms with Gasteiger partial charge in [0.25, 0.3) is 5.69 Å². The largest absolute Gasteiger partial charge is 1.00 e. The van der Waals surface area contributed by atoms with Gasteiger partial charge in [-0.1, -0.05) is 0 Å². The van der Waals surface area contributed by atoms with Gasteiger partial charge in [-0.2, -0.15) is 0 Å². The number of non-ortho nitro benzene ring substituents is 1. The van der Waals surface area contributed by atoms with E-state index < -0.39 is 4.92 Å². The van der Waals surface area contributed by atoms with Gasteiger partial charge in [0.2, 0.25) is 0 Å². The predicted molar refractivity (Wildman–Crippen MR) is 33.7 cm³/mol. The second kappa shape index (κ2) is 5.63. The molecule has 0 aromatic heterocycles. The van der Waals surface area contributed by atoms with Crippen molar-refractivity contribution in [1.82, 2.24) is 0 Å². The Morgan fingerprint density at radius 1 is 1.25 bits per heavy atom. The molecule has 0 amide bonds. The van der Waals surface area contributed by atoms with Gasteiger partial charge in [-0.05, 0) is 12.1 Å². The minimum Gasteiger partial charge on any atom is -0.664 e. The summed E-state index contributed by atoms with van der Waals surface area (Å²) in [4.78, 5) is 13.1. The van der Waals surface area contributed by atoms with Gasteiger partial charge in [-0.3, -0.25) is 10.1 Å². The van der Waals surface area contributed by atoms with Gasteiger partial charge in [0, 0.05) is 12.1 Å². The molecule has 0 bridgehead atoms. The summed E-state index contributed by atoms with van der Waals surface area (Å²) in [6.07, 6.45) is 0. The fourth-order valence-electron chi connectivity index (χ4n) is 0.623. The maximum absolute atomic E-state index is 10.1. The zero-order valence-electron chi connectivity index (χ0n) is 6.39. The van der Waals surface area contributed by atoms with E-state index in [9.17, 15) is 15.4 Å². The van der Waals surface area contributed by atoms with Gasteiger partial charge in [0.15, 0.2) is 0 Å². The minimum absolute atomic E-state index is 0. The number of rotatable bonds is 2. The number of hydrogen-bond donors (Lipinski definition) is 0. The van der Waals surface area contributed by atoms with E-state index in [1.54, 1.807) is 0 Å². The third kappa shape index (κ3) is 3.17. The van der Waals surface area contributed by atoms with Crippen LogP contribution in [0, 0.1) is 10.1 Å². The van der Waals surface area contributed by atoms with Crippen molar-refractivity contribution in [2.45, 2.75) is 0 Å². The Kier molecular flexibility index (Phi) is 5.63. The second-order valence-corrected chi connectivity index (χ2v) is 1.83. The second-order valence-electron chi connectivity index (χ2n) is 1.83. The topological polar surface area (TPSA) is 75.4 Å². The van der Waals surface area contributed by atoms with Crippen molar-refractivity contribution in [3.05, 3.63) is 34.4 Å². The summed E-state index contributed by atoms with van der Waals surface area (Å²) in [7, 11) is 0. The van der Waals surface area contributed by atoms with Crippen molar-refractivity contribution < 1.29 is 66.5 Å². The van der Waals surface area contributed by atoms with E-state index in [1.165, 1.54) is 24.3 Å². The van der Waals surface area contributed by atoms with Crippen LogP contribution in [0.1, 0.15) is 0 Å². The minimum atomic E-state index is -0.547. The molecular weight excluding hydrogens is 189 g/mol. The Labute approximate surface area is 111 Å². The van der Waals surface area contributed by atoms with Crippen LogP contribution in [-0.2, 0) is 0 Å². The summed E-state index contributed by atoms with van der Waals surface area (Å²) < 4.78 is 0. The predicted octanol–water partition coefficient (Wildman–Crippen LogP) is -2.75. The molecular formula is C6H4KNO4. The zero-order chi connectivity index (χ0) is 8.27. The van der Waals surface area contributed by atoms with Crippen LogP contribution in [0.3, 0.4) is 0 Å². The molecule has 0 radical (unpaired) electrons. The molecule has 1 aromatic carbocycles. The van der Waals surface area contributed by atoms with Crippen molar-refractivity contribution >= 4 is 5.69 Å². The summed E-state index contributed by atoms with van der Waals surface area (Å²) in [5.74, 6) is 0.0654. The van der Waals surface area contributed by atoms with Crippen LogP contribution in [0.15, 0.2) is 24.3 Å².